The molecule has 0 saturated carbocycles. The molecule has 1 aliphatic rings. The summed E-state index contributed by atoms with van der Waals surface area (Å²) >= 11 is 0. The van der Waals surface area contributed by atoms with Crippen LogP contribution < -0.4 is 5.73 Å². The highest BCUT2D eigenvalue weighted by atomic mass is 32.2. The standard InChI is InChI=1S/C12H17NO2S/c1-9-2-4-10(5-3-9)11-8-16(14,15)7-6-12(11)13/h2-5,11-12H,6-8,13H2,1H3. The largest absolute Gasteiger partial charge is 0.327 e. The molecule has 2 N–H and O–H groups in total. The molecule has 1 aromatic rings. The lowest BCUT2D eigenvalue weighted by Crippen LogP contribution is -2.40. The lowest BCUT2D eigenvalue weighted by molar-refractivity contribution is 0.504. The van der Waals surface area contributed by atoms with Gasteiger partial charge >= 0.3 is 0 Å². The summed E-state index contributed by atoms with van der Waals surface area (Å²) in [5.41, 5.74) is 8.23. The van der Waals surface area contributed by atoms with Crippen molar-refractivity contribution in [2.75, 3.05) is 11.5 Å². The van der Waals surface area contributed by atoms with Gasteiger partial charge in [0.05, 0.1) is 11.5 Å². The van der Waals surface area contributed by atoms with Gasteiger partial charge < -0.3 is 5.73 Å². The van der Waals surface area contributed by atoms with E-state index < -0.39 is 9.84 Å². The summed E-state index contributed by atoms with van der Waals surface area (Å²) in [6, 6.07) is 7.94. The van der Waals surface area contributed by atoms with Crippen molar-refractivity contribution < 1.29 is 8.42 Å². The third-order valence-corrected chi connectivity index (χ3v) is 4.94. The van der Waals surface area contributed by atoms with Gasteiger partial charge in [0.25, 0.3) is 0 Å². The van der Waals surface area contributed by atoms with Crippen molar-refractivity contribution in [3.05, 3.63) is 35.4 Å². The quantitative estimate of drug-likeness (QED) is 0.801. The Labute approximate surface area is 96.6 Å². The van der Waals surface area contributed by atoms with Gasteiger partial charge in [-0.2, -0.15) is 0 Å². The summed E-state index contributed by atoms with van der Waals surface area (Å²) in [5, 5.41) is 0. The molecule has 1 aromatic carbocycles. The molecule has 88 valence electrons. The summed E-state index contributed by atoms with van der Waals surface area (Å²) in [6.07, 6.45) is 0.570. The molecule has 16 heavy (non-hydrogen) atoms. The van der Waals surface area contributed by atoms with Crippen LogP contribution in [0.5, 0.6) is 0 Å². The number of aryl methyl sites for hydroxylation is 1. The van der Waals surface area contributed by atoms with Crippen LogP contribution in [0.3, 0.4) is 0 Å². The smallest absolute Gasteiger partial charge is 0.151 e. The van der Waals surface area contributed by atoms with E-state index in [1.54, 1.807) is 0 Å². The van der Waals surface area contributed by atoms with E-state index in [1.165, 1.54) is 5.56 Å². The minimum atomic E-state index is -2.90. The first kappa shape index (κ1) is 11.6. The highest BCUT2D eigenvalue weighted by molar-refractivity contribution is 7.91. The molecule has 0 spiro atoms. The number of hydrogen-bond acceptors (Lipinski definition) is 3. The molecule has 0 aromatic heterocycles. The van der Waals surface area contributed by atoms with Crippen LogP contribution in [-0.4, -0.2) is 26.0 Å². The topological polar surface area (TPSA) is 60.2 Å². The molecule has 0 bridgehead atoms. The maximum absolute atomic E-state index is 11.6. The first-order valence-electron chi connectivity index (χ1n) is 5.50. The van der Waals surface area contributed by atoms with Crippen LogP contribution >= 0.6 is 0 Å². The molecule has 1 heterocycles. The third kappa shape index (κ3) is 2.44. The Bertz CT molecular complexity index is 464. The summed E-state index contributed by atoms with van der Waals surface area (Å²) in [5.74, 6) is 0.382. The van der Waals surface area contributed by atoms with Gasteiger partial charge in [0.2, 0.25) is 0 Å². The van der Waals surface area contributed by atoms with Gasteiger partial charge in [-0.25, -0.2) is 8.42 Å². The number of nitrogens with two attached hydrogens (primary N) is 1. The highest BCUT2D eigenvalue weighted by Crippen LogP contribution is 2.27. The van der Waals surface area contributed by atoms with Crippen LogP contribution in [0.1, 0.15) is 23.5 Å². The molecule has 2 atom stereocenters. The maximum atomic E-state index is 11.6. The highest BCUT2D eigenvalue weighted by Gasteiger charge is 2.31. The van der Waals surface area contributed by atoms with Crippen LogP contribution in [0.15, 0.2) is 24.3 Å². The Morgan fingerprint density at radius 1 is 1.25 bits per heavy atom. The zero-order valence-electron chi connectivity index (χ0n) is 9.39. The Kier molecular flexibility index (Phi) is 3.04. The van der Waals surface area contributed by atoms with Crippen molar-refractivity contribution in [2.45, 2.75) is 25.3 Å². The van der Waals surface area contributed by atoms with Crippen LogP contribution in [0.2, 0.25) is 0 Å². The van der Waals surface area contributed by atoms with E-state index in [-0.39, 0.29) is 23.5 Å². The molecule has 1 saturated heterocycles. The van der Waals surface area contributed by atoms with Crippen molar-refractivity contribution in [1.82, 2.24) is 0 Å². The fraction of sp³-hybridized carbons (Fsp3) is 0.500. The van der Waals surface area contributed by atoms with Crippen molar-refractivity contribution in [2.24, 2.45) is 5.73 Å². The second kappa shape index (κ2) is 4.18. The van der Waals surface area contributed by atoms with Gasteiger partial charge in [0, 0.05) is 12.0 Å². The third-order valence-electron chi connectivity index (χ3n) is 3.22. The van der Waals surface area contributed by atoms with E-state index in [1.807, 2.05) is 31.2 Å². The van der Waals surface area contributed by atoms with E-state index in [9.17, 15) is 8.42 Å². The Hall–Kier alpha value is -0.870. The summed E-state index contributed by atoms with van der Waals surface area (Å²) in [6.45, 7) is 2.02. The molecule has 0 amide bonds. The Morgan fingerprint density at radius 2 is 1.88 bits per heavy atom. The van der Waals surface area contributed by atoms with Crippen LogP contribution in [0.25, 0.3) is 0 Å². The Balaban J connectivity index is 2.28. The average Bonchev–Trinajstić information content (AvgIpc) is 2.23. The lowest BCUT2D eigenvalue weighted by Gasteiger charge is -2.28. The SMILES string of the molecule is Cc1ccc(C2CS(=O)(=O)CCC2N)cc1. The fourth-order valence-corrected chi connectivity index (χ4v) is 3.94. The van der Waals surface area contributed by atoms with Gasteiger partial charge in [-0.15, -0.1) is 0 Å². The minimum Gasteiger partial charge on any atom is -0.327 e. The predicted octanol–water partition coefficient (Wildman–Crippen LogP) is 1.22. The molecular weight excluding hydrogens is 222 g/mol. The van der Waals surface area contributed by atoms with Gasteiger partial charge in [-0.05, 0) is 18.9 Å². The molecule has 1 fully saturated rings. The summed E-state index contributed by atoms with van der Waals surface area (Å²) in [7, 11) is -2.90. The van der Waals surface area contributed by atoms with E-state index in [0.29, 0.717) is 6.42 Å². The van der Waals surface area contributed by atoms with Crippen molar-refractivity contribution >= 4 is 9.84 Å². The Morgan fingerprint density at radius 3 is 2.50 bits per heavy atom. The van der Waals surface area contributed by atoms with Crippen molar-refractivity contribution in [3.63, 3.8) is 0 Å². The summed E-state index contributed by atoms with van der Waals surface area (Å²) in [4.78, 5) is 0. The zero-order valence-corrected chi connectivity index (χ0v) is 10.2. The second-order valence-electron chi connectivity index (χ2n) is 4.58. The molecule has 1 aliphatic heterocycles. The molecule has 0 aliphatic carbocycles. The molecule has 3 nitrogen and oxygen atoms in total. The number of benzene rings is 1. The van der Waals surface area contributed by atoms with Crippen LogP contribution in [0, 0.1) is 6.92 Å². The van der Waals surface area contributed by atoms with E-state index in [4.69, 9.17) is 5.73 Å². The van der Waals surface area contributed by atoms with Gasteiger partial charge in [-0.3, -0.25) is 0 Å². The van der Waals surface area contributed by atoms with E-state index in [0.717, 1.165) is 5.56 Å². The normalized spacial score (nSPS) is 28.9. The average molecular weight is 239 g/mol. The fourth-order valence-electron chi connectivity index (χ4n) is 2.15. The lowest BCUT2D eigenvalue weighted by atomic mass is 9.91. The molecule has 4 heteroatoms. The van der Waals surface area contributed by atoms with E-state index in [2.05, 4.69) is 0 Å². The maximum Gasteiger partial charge on any atom is 0.151 e. The number of hydrogen-bond donors (Lipinski definition) is 1. The van der Waals surface area contributed by atoms with Crippen molar-refractivity contribution in [1.29, 1.82) is 0 Å². The summed E-state index contributed by atoms with van der Waals surface area (Å²) < 4.78 is 23.2. The van der Waals surface area contributed by atoms with E-state index >= 15 is 0 Å². The molecule has 0 radical (unpaired) electrons. The second-order valence-corrected chi connectivity index (χ2v) is 6.81. The molecule has 2 unspecified atom stereocenters. The minimum absolute atomic E-state index is 0.0359. The molecular formula is C12H17NO2S. The zero-order chi connectivity index (χ0) is 11.8. The first-order chi connectivity index (χ1) is 7.48. The van der Waals surface area contributed by atoms with Gasteiger partial charge in [-0.1, -0.05) is 29.8 Å². The number of rotatable bonds is 1. The number of sulfone groups is 1. The monoisotopic (exact) mass is 239 g/mol. The van der Waals surface area contributed by atoms with Crippen LogP contribution in [0.4, 0.5) is 0 Å². The molecule has 2 rings (SSSR count). The predicted molar refractivity (Wildman–Crippen MR) is 65.2 cm³/mol. The van der Waals surface area contributed by atoms with Crippen molar-refractivity contribution in [3.8, 4) is 0 Å². The van der Waals surface area contributed by atoms with Crippen LogP contribution in [-0.2, 0) is 9.84 Å². The van der Waals surface area contributed by atoms with Gasteiger partial charge in [0.15, 0.2) is 9.84 Å². The van der Waals surface area contributed by atoms with Gasteiger partial charge in [0.1, 0.15) is 0 Å². The first-order valence-corrected chi connectivity index (χ1v) is 7.33.